The second-order valence-electron chi connectivity index (χ2n) is 7.81. The van der Waals surface area contributed by atoms with Gasteiger partial charge < -0.3 is 4.90 Å². The quantitative estimate of drug-likeness (QED) is 0.469. The molecule has 0 saturated heterocycles. The van der Waals surface area contributed by atoms with Crippen molar-refractivity contribution in [2.45, 2.75) is 26.3 Å². The van der Waals surface area contributed by atoms with Crippen molar-refractivity contribution in [3.8, 4) is 23.0 Å². The fourth-order valence-electron chi connectivity index (χ4n) is 4.29. The van der Waals surface area contributed by atoms with Gasteiger partial charge in [0.05, 0.1) is 12.2 Å². The van der Waals surface area contributed by atoms with Crippen LogP contribution in [0.1, 0.15) is 31.0 Å². The summed E-state index contributed by atoms with van der Waals surface area (Å²) in [5, 5.41) is 8.71. The molecule has 33 heavy (non-hydrogen) atoms. The Labute approximate surface area is 187 Å². The maximum atomic E-state index is 13.9. The summed E-state index contributed by atoms with van der Waals surface area (Å²) in [6, 6.07) is 3.62. The Hall–Kier alpha value is -4.21. The van der Waals surface area contributed by atoms with Gasteiger partial charge in [0.25, 0.3) is 0 Å². The van der Waals surface area contributed by atoms with Crippen LogP contribution >= 0.6 is 0 Å². The molecule has 0 fully saturated rings. The number of allylic oxidation sites excluding steroid dienone is 3. The zero-order chi connectivity index (χ0) is 22.7. The summed E-state index contributed by atoms with van der Waals surface area (Å²) in [5.74, 6) is 1.22. The number of imidazole rings is 1. The van der Waals surface area contributed by atoms with E-state index in [1.807, 2.05) is 29.7 Å². The number of halogens is 2. The third-order valence-corrected chi connectivity index (χ3v) is 5.90. The van der Waals surface area contributed by atoms with Gasteiger partial charge in [0, 0.05) is 23.7 Å². The summed E-state index contributed by atoms with van der Waals surface area (Å²) < 4.78 is 31.0. The van der Waals surface area contributed by atoms with Gasteiger partial charge in [-0.15, -0.1) is 10.2 Å². The molecule has 4 heterocycles. The number of fused-ring (bicyclic) bond motifs is 3. The van der Waals surface area contributed by atoms with Gasteiger partial charge in [-0.3, -0.25) is 9.13 Å². The van der Waals surface area contributed by atoms with E-state index < -0.39 is 11.6 Å². The number of anilines is 1. The van der Waals surface area contributed by atoms with Crippen LogP contribution in [0.2, 0.25) is 0 Å². The molecule has 0 unspecified atom stereocenters. The molecule has 0 spiro atoms. The molecule has 10 heteroatoms. The van der Waals surface area contributed by atoms with Gasteiger partial charge in [0.15, 0.2) is 23.3 Å². The first-order valence-electron chi connectivity index (χ1n) is 10.5. The van der Waals surface area contributed by atoms with E-state index in [1.165, 1.54) is 6.07 Å². The lowest BCUT2D eigenvalue weighted by molar-refractivity contribution is 0.509. The van der Waals surface area contributed by atoms with Crippen molar-refractivity contribution in [2.24, 2.45) is 0 Å². The third kappa shape index (κ3) is 2.83. The normalized spacial score (nSPS) is 16.3. The third-order valence-electron chi connectivity index (χ3n) is 5.90. The predicted molar refractivity (Wildman–Crippen MR) is 117 cm³/mol. The van der Waals surface area contributed by atoms with Crippen LogP contribution in [0.3, 0.4) is 0 Å². The highest BCUT2D eigenvalue weighted by atomic mass is 19.2. The number of aryl methyl sites for hydroxylation is 1. The largest absolute Gasteiger partial charge is 0.314 e. The first kappa shape index (κ1) is 19.5. The maximum absolute atomic E-state index is 13.9. The van der Waals surface area contributed by atoms with Crippen molar-refractivity contribution in [1.82, 2.24) is 34.3 Å². The molecular weight excluding hydrogens is 426 g/mol. The molecule has 0 N–H and O–H groups in total. The van der Waals surface area contributed by atoms with E-state index in [9.17, 15) is 8.78 Å². The maximum Gasteiger partial charge on any atom is 0.237 e. The fourth-order valence-corrected chi connectivity index (χ4v) is 4.29. The van der Waals surface area contributed by atoms with E-state index in [1.54, 1.807) is 23.2 Å². The van der Waals surface area contributed by atoms with Gasteiger partial charge >= 0.3 is 0 Å². The zero-order valence-electron chi connectivity index (χ0n) is 17.8. The van der Waals surface area contributed by atoms with Crippen molar-refractivity contribution < 1.29 is 8.78 Å². The van der Waals surface area contributed by atoms with Gasteiger partial charge in [-0.1, -0.05) is 13.0 Å². The molecule has 8 nitrogen and oxygen atoms in total. The zero-order valence-corrected chi connectivity index (χ0v) is 17.8. The molecular formula is C23H18F2N8. The molecule has 0 radical (unpaired) electrons. The van der Waals surface area contributed by atoms with E-state index in [4.69, 9.17) is 4.98 Å². The number of hydrogen-bond acceptors (Lipinski definition) is 6. The molecule has 0 bridgehead atoms. The second-order valence-corrected chi connectivity index (χ2v) is 7.81. The Morgan fingerprint density at radius 2 is 1.94 bits per heavy atom. The van der Waals surface area contributed by atoms with Crippen LogP contribution in [0.4, 0.5) is 14.6 Å². The molecule has 0 saturated carbocycles. The topological polar surface area (TPSA) is 77.5 Å². The van der Waals surface area contributed by atoms with Crippen molar-refractivity contribution in [1.29, 1.82) is 0 Å². The summed E-state index contributed by atoms with van der Waals surface area (Å²) in [6.07, 6.45) is 11.8. The Morgan fingerprint density at radius 3 is 2.67 bits per heavy atom. The van der Waals surface area contributed by atoms with Crippen molar-refractivity contribution >= 4 is 5.82 Å². The molecule has 4 aromatic rings. The summed E-state index contributed by atoms with van der Waals surface area (Å²) in [4.78, 5) is 15.9. The Bertz CT molecular complexity index is 1470. The van der Waals surface area contributed by atoms with E-state index in [-0.39, 0.29) is 6.04 Å². The van der Waals surface area contributed by atoms with Crippen LogP contribution in [0.15, 0.2) is 60.7 Å². The highest BCUT2D eigenvalue weighted by Crippen LogP contribution is 2.42. The minimum absolute atomic E-state index is 0.0499. The molecule has 1 aliphatic carbocycles. The first-order valence-corrected chi connectivity index (χ1v) is 10.5. The van der Waals surface area contributed by atoms with Crippen molar-refractivity contribution in [3.05, 3.63) is 84.0 Å². The summed E-state index contributed by atoms with van der Waals surface area (Å²) in [5.41, 5.74) is 2.22. The van der Waals surface area contributed by atoms with Gasteiger partial charge in [0.2, 0.25) is 5.95 Å². The molecule has 3 aromatic heterocycles. The Morgan fingerprint density at radius 1 is 1.09 bits per heavy atom. The van der Waals surface area contributed by atoms with Crippen molar-refractivity contribution in [3.63, 3.8) is 0 Å². The molecule has 6 rings (SSSR count). The second kappa shape index (κ2) is 7.16. The summed E-state index contributed by atoms with van der Waals surface area (Å²) in [7, 11) is 0. The number of hydrogen-bond donors (Lipinski definition) is 0. The number of aromatic nitrogens is 7. The standard InChI is InChI=1S/C23H18F2N8/c1-3-18-22-30-29-13(2)32(22)19-12-27-23(28-21(19)33(18)15-5-4-6-15)31-10-9-26-20(31)14-7-8-16(24)17(25)11-14/h4-12,18H,3H2,1-2H3/t18-/m1/s1. The number of rotatable bonds is 4. The van der Waals surface area contributed by atoms with Crippen LogP contribution in [-0.4, -0.2) is 34.3 Å². The minimum Gasteiger partial charge on any atom is -0.314 e. The van der Waals surface area contributed by atoms with Crippen molar-refractivity contribution in [2.75, 3.05) is 4.90 Å². The van der Waals surface area contributed by atoms with Crippen LogP contribution in [0, 0.1) is 18.6 Å². The van der Waals surface area contributed by atoms with Crippen LogP contribution in [0.5, 0.6) is 0 Å². The summed E-state index contributed by atoms with van der Waals surface area (Å²) >= 11 is 0. The number of nitrogens with zero attached hydrogens (tertiary/aromatic N) is 8. The van der Waals surface area contributed by atoms with Crippen LogP contribution in [-0.2, 0) is 0 Å². The van der Waals surface area contributed by atoms with Gasteiger partial charge in [-0.25, -0.2) is 18.7 Å². The lowest BCUT2D eigenvalue weighted by Gasteiger charge is -2.38. The van der Waals surface area contributed by atoms with E-state index in [2.05, 4.69) is 32.0 Å². The molecule has 1 aromatic carbocycles. The Kier molecular flexibility index (Phi) is 4.22. The SMILES string of the molecule is CC[C@@H]1c2nnc(C)n2-c2cnc(-n3ccnc3-c3ccc(F)c(F)c3)nc2N1C1=CC=C1. The molecule has 164 valence electrons. The number of benzene rings is 1. The van der Waals surface area contributed by atoms with E-state index in [0.29, 0.717) is 23.2 Å². The Balaban J connectivity index is 1.53. The minimum atomic E-state index is -0.940. The average Bonchev–Trinajstić information content (AvgIpc) is 3.42. The van der Waals surface area contributed by atoms with Crippen LogP contribution in [0.25, 0.3) is 23.0 Å². The fraction of sp³-hybridized carbons (Fsp3) is 0.174. The average molecular weight is 444 g/mol. The van der Waals surface area contributed by atoms with Gasteiger partial charge in [0.1, 0.15) is 17.3 Å². The smallest absolute Gasteiger partial charge is 0.237 e. The van der Waals surface area contributed by atoms with Gasteiger partial charge in [-0.05, 0) is 43.7 Å². The molecule has 2 aliphatic rings. The van der Waals surface area contributed by atoms with E-state index >= 15 is 0 Å². The van der Waals surface area contributed by atoms with E-state index in [0.717, 1.165) is 41.6 Å². The van der Waals surface area contributed by atoms with Gasteiger partial charge in [-0.2, -0.15) is 4.98 Å². The monoisotopic (exact) mass is 444 g/mol. The first-order chi connectivity index (χ1) is 16.1. The lowest BCUT2D eigenvalue weighted by Crippen LogP contribution is -2.36. The summed E-state index contributed by atoms with van der Waals surface area (Å²) in [6.45, 7) is 4.00. The molecule has 1 atom stereocenters. The molecule has 1 aliphatic heterocycles. The predicted octanol–water partition coefficient (Wildman–Crippen LogP) is 4.22. The molecule has 0 amide bonds. The highest BCUT2D eigenvalue weighted by molar-refractivity contribution is 5.69. The van der Waals surface area contributed by atoms with Crippen LogP contribution < -0.4 is 4.90 Å². The highest BCUT2D eigenvalue weighted by Gasteiger charge is 2.37. The lowest BCUT2D eigenvalue weighted by atomic mass is 10.0.